The third kappa shape index (κ3) is 4.05. The molecule has 162 valence electrons. The number of anilines is 1. The zero-order chi connectivity index (χ0) is 22.2. The Labute approximate surface area is 182 Å². The summed E-state index contributed by atoms with van der Waals surface area (Å²) in [5.41, 5.74) is 1.16. The number of hydrogen-bond donors (Lipinski definition) is 2. The summed E-state index contributed by atoms with van der Waals surface area (Å²) >= 11 is 0. The van der Waals surface area contributed by atoms with Crippen molar-refractivity contribution in [2.45, 2.75) is 32.8 Å². The van der Waals surface area contributed by atoms with Gasteiger partial charge in [-0.3, -0.25) is 4.79 Å². The molecule has 1 amide bonds. The summed E-state index contributed by atoms with van der Waals surface area (Å²) in [7, 11) is 0. The number of fused-ring (bicyclic) bond motifs is 1. The van der Waals surface area contributed by atoms with Gasteiger partial charge in [-0.25, -0.2) is 9.97 Å². The van der Waals surface area contributed by atoms with Crippen LogP contribution in [0.4, 0.5) is 5.82 Å². The topological polar surface area (TPSA) is 89.8 Å². The number of benzene rings is 2. The van der Waals surface area contributed by atoms with Crippen molar-refractivity contribution < 1.29 is 15.0 Å². The predicted octanol–water partition coefficient (Wildman–Crippen LogP) is 3.12. The number of amides is 1. The summed E-state index contributed by atoms with van der Waals surface area (Å²) in [5.74, 6) is 1.17. The highest BCUT2D eigenvalue weighted by Gasteiger charge is 2.34. The maximum atomic E-state index is 12.6. The van der Waals surface area contributed by atoms with Crippen molar-refractivity contribution in [2.75, 3.05) is 31.1 Å². The fraction of sp³-hybridized carbons (Fsp3) is 0.375. The standard InChI is InChI=1S/C24H28N4O3/c1-4-24(3,31)23(30)28-13-11-27(12-14-28)22-17-10-9-16(2)15-19(17)25-21(26-22)18-7-5-6-8-20(18)29/h5-10,15,29,31H,4,11-14H2,1-3H3. The maximum Gasteiger partial charge on any atom is 0.254 e. The van der Waals surface area contributed by atoms with Crippen molar-refractivity contribution >= 4 is 22.6 Å². The van der Waals surface area contributed by atoms with Gasteiger partial charge in [-0.2, -0.15) is 0 Å². The minimum absolute atomic E-state index is 0.137. The van der Waals surface area contributed by atoms with Crippen molar-refractivity contribution in [2.24, 2.45) is 0 Å². The molecule has 1 aliphatic heterocycles. The zero-order valence-corrected chi connectivity index (χ0v) is 18.2. The molecule has 0 saturated carbocycles. The molecule has 1 fully saturated rings. The van der Waals surface area contributed by atoms with Gasteiger partial charge in [0.15, 0.2) is 5.82 Å². The highest BCUT2D eigenvalue weighted by Crippen LogP contribution is 2.32. The van der Waals surface area contributed by atoms with Crippen LogP contribution < -0.4 is 4.90 Å². The molecular formula is C24H28N4O3. The van der Waals surface area contributed by atoms with Gasteiger partial charge in [0.05, 0.1) is 11.1 Å². The first-order valence-corrected chi connectivity index (χ1v) is 10.6. The van der Waals surface area contributed by atoms with E-state index in [0.717, 1.165) is 22.3 Å². The number of carbonyl (C=O) groups is 1. The number of phenolic OH excluding ortho intramolecular Hbond substituents is 1. The minimum Gasteiger partial charge on any atom is -0.507 e. The average Bonchev–Trinajstić information content (AvgIpc) is 2.78. The van der Waals surface area contributed by atoms with Crippen molar-refractivity contribution in [3.8, 4) is 17.1 Å². The van der Waals surface area contributed by atoms with Gasteiger partial charge in [-0.15, -0.1) is 0 Å². The van der Waals surface area contributed by atoms with Crippen LogP contribution in [0.5, 0.6) is 5.75 Å². The third-order valence-electron chi connectivity index (χ3n) is 5.99. The number of hydrogen-bond acceptors (Lipinski definition) is 6. The minimum atomic E-state index is -1.33. The van der Waals surface area contributed by atoms with Crippen LogP contribution in [-0.2, 0) is 4.79 Å². The molecule has 7 heteroatoms. The number of aliphatic hydroxyl groups is 1. The molecule has 1 aromatic heterocycles. The van der Waals surface area contributed by atoms with E-state index in [0.29, 0.717) is 44.0 Å². The normalized spacial score (nSPS) is 16.4. The second-order valence-electron chi connectivity index (χ2n) is 8.32. The lowest BCUT2D eigenvalue weighted by Gasteiger charge is -2.38. The Kier molecular flexibility index (Phi) is 5.54. The summed E-state index contributed by atoms with van der Waals surface area (Å²) < 4.78 is 0. The van der Waals surface area contributed by atoms with E-state index in [4.69, 9.17) is 9.97 Å². The molecule has 2 N–H and O–H groups in total. The van der Waals surface area contributed by atoms with Crippen LogP contribution in [0.25, 0.3) is 22.3 Å². The van der Waals surface area contributed by atoms with Gasteiger partial charge in [0.1, 0.15) is 17.2 Å². The van der Waals surface area contributed by atoms with Gasteiger partial charge in [0.25, 0.3) is 5.91 Å². The average molecular weight is 421 g/mol. The van der Waals surface area contributed by atoms with E-state index >= 15 is 0 Å². The van der Waals surface area contributed by atoms with Gasteiger partial charge in [0.2, 0.25) is 0 Å². The van der Waals surface area contributed by atoms with Gasteiger partial charge in [0, 0.05) is 31.6 Å². The molecule has 7 nitrogen and oxygen atoms in total. The van der Waals surface area contributed by atoms with Crippen LogP contribution in [0.3, 0.4) is 0 Å². The van der Waals surface area contributed by atoms with Crippen LogP contribution in [0, 0.1) is 6.92 Å². The molecule has 1 unspecified atom stereocenters. The van der Waals surface area contributed by atoms with Crippen molar-refractivity contribution in [1.29, 1.82) is 0 Å². The first-order valence-electron chi connectivity index (χ1n) is 10.6. The number of para-hydroxylation sites is 1. The number of nitrogens with zero attached hydrogens (tertiary/aromatic N) is 4. The lowest BCUT2D eigenvalue weighted by atomic mass is 10.0. The Hall–Kier alpha value is -3.19. The van der Waals surface area contributed by atoms with Crippen LogP contribution >= 0.6 is 0 Å². The monoisotopic (exact) mass is 420 g/mol. The predicted molar refractivity (Wildman–Crippen MR) is 121 cm³/mol. The number of aryl methyl sites for hydroxylation is 1. The van der Waals surface area contributed by atoms with Crippen LogP contribution in [0.2, 0.25) is 0 Å². The molecule has 1 aliphatic rings. The highest BCUT2D eigenvalue weighted by atomic mass is 16.3. The van der Waals surface area contributed by atoms with E-state index in [1.165, 1.54) is 0 Å². The molecule has 1 atom stereocenters. The lowest BCUT2D eigenvalue weighted by molar-refractivity contribution is -0.150. The molecule has 31 heavy (non-hydrogen) atoms. The van der Waals surface area contributed by atoms with E-state index < -0.39 is 5.60 Å². The van der Waals surface area contributed by atoms with Crippen molar-refractivity contribution in [1.82, 2.24) is 14.9 Å². The van der Waals surface area contributed by atoms with E-state index in [2.05, 4.69) is 4.90 Å². The number of aromatic nitrogens is 2. The second kappa shape index (κ2) is 8.15. The Bertz CT molecular complexity index is 1120. The molecule has 2 aromatic carbocycles. The Balaban J connectivity index is 1.69. The third-order valence-corrected chi connectivity index (χ3v) is 5.99. The van der Waals surface area contributed by atoms with Gasteiger partial charge < -0.3 is 20.0 Å². The first kappa shape index (κ1) is 21.1. The van der Waals surface area contributed by atoms with E-state index in [-0.39, 0.29) is 11.7 Å². The SMILES string of the molecule is CCC(C)(O)C(=O)N1CCN(c2nc(-c3ccccc3O)nc3cc(C)ccc23)CC1. The van der Waals surface area contributed by atoms with Crippen LogP contribution in [0.15, 0.2) is 42.5 Å². The fourth-order valence-corrected chi connectivity index (χ4v) is 3.86. The number of piperazine rings is 1. The summed E-state index contributed by atoms with van der Waals surface area (Å²) in [6, 6.07) is 13.1. The molecule has 2 heterocycles. The Morgan fingerprint density at radius 1 is 1.10 bits per heavy atom. The zero-order valence-electron chi connectivity index (χ0n) is 18.2. The van der Waals surface area contributed by atoms with Gasteiger partial charge in [-0.1, -0.05) is 25.1 Å². The molecule has 3 aromatic rings. The largest absolute Gasteiger partial charge is 0.507 e. The summed E-state index contributed by atoms with van der Waals surface area (Å²) in [4.78, 5) is 26.0. The molecule has 0 bridgehead atoms. The maximum absolute atomic E-state index is 12.6. The molecule has 0 aliphatic carbocycles. The Morgan fingerprint density at radius 3 is 2.48 bits per heavy atom. The Morgan fingerprint density at radius 2 is 1.81 bits per heavy atom. The molecule has 0 spiro atoms. The highest BCUT2D eigenvalue weighted by molar-refractivity contribution is 5.92. The van der Waals surface area contributed by atoms with Crippen LogP contribution in [0.1, 0.15) is 25.8 Å². The summed E-state index contributed by atoms with van der Waals surface area (Å²) in [6.45, 7) is 7.63. The second-order valence-corrected chi connectivity index (χ2v) is 8.32. The smallest absolute Gasteiger partial charge is 0.254 e. The van der Waals surface area contributed by atoms with Crippen LogP contribution in [-0.4, -0.2) is 62.8 Å². The number of carbonyl (C=O) groups excluding carboxylic acids is 1. The number of phenols is 1. The van der Waals surface area contributed by atoms with Crippen molar-refractivity contribution in [3.63, 3.8) is 0 Å². The molecular weight excluding hydrogens is 392 g/mol. The molecule has 1 saturated heterocycles. The van der Waals surface area contributed by atoms with Gasteiger partial charge in [-0.05, 0) is 50.1 Å². The number of aromatic hydroxyl groups is 1. The number of rotatable bonds is 4. The van der Waals surface area contributed by atoms with E-state index in [1.54, 1.807) is 30.0 Å². The summed E-state index contributed by atoms with van der Waals surface area (Å²) in [6.07, 6.45) is 0.381. The van der Waals surface area contributed by atoms with E-state index in [1.807, 2.05) is 38.1 Å². The van der Waals surface area contributed by atoms with Gasteiger partial charge >= 0.3 is 0 Å². The lowest BCUT2D eigenvalue weighted by Crippen LogP contribution is -2.55. The molecule has 4 rings (SSSR count). The van der Waals surface area contributed by atoms with Crippen molar-refractivity contribution in [3.05, 3.63) is 48.0 Å². The van der Waals surface area contributed by atoms with E-state index in [9.17, 15) is 15.0 Å². The first-order chi connectivity index (χ1) is 14.8. The molecule has 0 radical (unpaired) electrons. The summed E-state index contributed by atoms with van der Waals surface area (Å²) in [5, 5.41) is 21.6. The fourth-order valence-electron chi connectivity index (χ4n) is 3.86. The quantitative estimate of drug-likeness (QED) is 0.674.